The summed E-state index contributed by atoms with van der Waals surface area (Å²) in [6.07, 6.45) is 2.95. The van der Waals surface area contributed by atoms with Gasteiger partial charge in [0.25, 0.3) is 5.91 Å². The van der Waals surface area contributed by atoms with Gasteiger partial charge in [0, 0.05) is 6.04 Å². The van der Waals surface area contributed by atoms with Gasteiger partial charge in [-0.25, -0.2) is 14.8 Å². The number of nitrogens with zero attached hydrogens (tertiary/aromatic N) is 2. The largest absolute Gasteiger partial charge is 0.476 e. The summed E-state index contributed by atoms with van der Waals surface area (Å²) in [5.41, 5.74) is 3.44. The van der Waals surface area contributed by atoms with Crippen LogP contribution in [-0.2, 0) is 6.42 Å². The molecule has 0 aliphatic carbocycles. The fourth-order valence-electron chi connectivity index (χ4n) is 2.44. The van der Waals surface area contributed by atoms with Crippen LogP contribution in [0.2, 0.25) is 0 Å². The molecule has 2 rings (SSSR count). The molecule has 0 radical (unpaired) electrons. The fraction of sp³-hybridized carbons (Fsp3) is 0.294. The van der Waals surface area contributed by atoms with Crippen LogP contribution in [-0.4, -0.2) is 33.0 Å². The molecule has 0 aliphatic heterocycles. The lowest BCUT2D eigenvalue weighted by molar-refractivity contribution is 0.0689. The zero-order valence-corrected chi connectivity index (χ0v) is 13.3. The highest BCUT2D eigenvalue weighted by Crippen LogP contribution is 2.11. The molecule has 0 saturated carbocycles. The molecule has 0 bridgehead atoms. The Labute approximate surface area is 134 Å². The molecule has 23 heavy (non-hydrogen) atoms. The summed E-state index contributed by atoms with van der Waals surface area (Å²) in [6, 6.07) is 6.21. The number of amides is 1. The zero-order chi connectivity index (χ0) is 17.0. The lowest BCUT2D eigenvalue weighted by Gasteiger charge is -2.14. The van der Waals surface area contributed by atoms with Crippen molar-refractivity contribution in [2.45, 2.75) is 33.2 Å². The van der Waals surface area contributed by atoms with Gasteiger partial charge in [0.15, 0.2) is 5.69 Å². The first kappa shape index (κ1) is 16.6. The van der Waals surface area contributed by atoms with E-state index in [0.717, 1.165) is 11.8 Å². The lowest BCUT2D eigenvalue weighted by Crippen LogP contribution is -2.34. The number of carbonyl (C=O) groups excluding carboxylic acids is 1. The number of aromatic carboxylic acids is 1. The van der Waals surface area contributed by atoms with Crippen molar-refractivity contribution in [2.75, 3.05) is 0 Å². The van der Waals surface area contributed by atoms with Crippen LogP contribution in [0.5, 0.6) is 0 Å². The molecule has 120 valence electrons. The normalized spacial score (nSPS) is 11.8. The molecule has 1 unspecified atom stereocenters. The Hall–Kier alpha value is -2.76. The molecule has 6 heteroatoms. The van der Waals surface area contributed by atoms with Crippen LogP contribution in [0.4, 0.5) is 0 Å². The molecule has 1 amide bonds. The summed E-state index contributed by atoms with van der Waals surface area (Å²) >= 11 is 0. The van der Waals surface area contributed by atoms with Crippen molar-refractivity contribution < 1.29 is 14.7 Å². The van der Waals surface area contributed by atoms with E-state index in [1.807, 2.05) is 20.8 Å². The first-order valence-electron chi connectivity index (χ1n) is 7.28. The van der Waals surface area contributed by atoms with Gasteiger partial charge < -0.3 is 10.4 Å². The molecule has 2 aromatic rings. The number of aryl methyl sites for hydroxylation is 2. The van der Waals surface area contributed by atoms with Crippen molar-refractivity contribution in [1.82, 2.24) is 15.3 Å². The first-order valence-corrected chi connectivity index (χ1v) is 7.28. The number of carboxylic acid groups (broad SMARTS) is 1. The van der Waals surface area contributed by atoms with E-state index in [-0.39, 0.29) is 23.3 Å². The number of hydrogen-bond acceptors (Lipinski definition) is 4. The van der Waals surface area contributed by atoms with Crippen molar-refractivity contribution in [1.29, 1.82) is 0 Å². The fourth-order valence-corrected chi connectivity index (χ4v) is 2.44. The molecule has 0 aliphatic rings. The topological polar surface area (TPSA) is 92.2 Å². The molecular weight excluding hydrogens is 294 g/mol. The average molecular weight is 313 g/mol. The number of aromatic nitrogens is 2. The van der Waals surface area contributed by atoms with Gasteiger partial charge in [0.1, 0.15) is 5.69 Å². The molecule has 0 fully saturated rings. The van der Waals surface area contributed by atoms with Gasteiger partial charge in [0.05, 0.1) is 12.4 Å². The SMILES string of the molecule is Cc1cc(C)cc(CC(C)NC(=O)c2cnc(C(=O)O)cn2)c1. The molecule has 1 atom stereocenters. The maximum Gasteiger partial charge on any atom is 0.356 e. The van der Waals surface area contributed by atoms with Gasteiger partial charge >= 0.3 is 5.97 Å². The second-order valence-corrected chi connectivity index (χ2v) is 5.67. The minimum Gasteiger partial charge on any atom is -0.476 e. The maximum absolute atomic E-state index is 12.1. The number of carboxylic acids is 1. The predicted octanol–water partition coefficient (Wildman–Crippen LogP) is 2.15. The third kappa shape index (κ3) is 4.60. The van der Waals surface area contributed by atoms with Gasteiger partial charge in [0.2, 0.25) is 0 Å². The van der Waals surface area contributed by atoms with E-state index in [0.29, 0.717) is 6.42 Å². The summed E-state index contributed by atoms with van der Waals surface area (Å²) in [7, 11) is 0. The number of carbonyl (C=O) groups is 2. The number of rotatable bonds is 5. The molecule has 0 spiro atoms. The molecule has 0 saturated heterocycles. The summed E-state index contributed by atoms with van der Waals surface area (Å²) < 4.78 is 0. The van der Waals surface area contributed by atoms with Crippen molar-refractivity contribution >= 4 is 11.9 Å². The summed E-state index contributed by atoms with van der Waals surface area (Å²) in [6.45, 7) is 5.99. The standard InChI is InChI=1S/C17H19N3O3/c1-10-4-11(2)6-13(5-10)7-12(3)20-16(21)14-8-19-15(9-18-14)17(22)23/h4-6,8-9,12H,7H2,1-3H3,(H,20,21)(H,22,23). The Morgan fingerprint density at radius 2 is 1.65 bits per heavy atom. The smallest absolute Gasteiger partial charge is 0.356 e. The Kier molecular flexibility index (Phi) is 5.05. The zero-order valence-electron chi connectivity index (χ0n) is 13.3. The molecule has 1 aromatic heterocycles. The highest BCUT2D eigenvalue weighted by Gasteiger charge is 2.13. The Morgan fingerprint density at radius 1 is 1.09 bits per heavy atom. The molecule has 6 nitrogen and oxygen atoms in total. The van der Waals surface area contributed by atoms with Crippen molar-refractivity contribution in [3.63, 3.8) is 0 Å². The summed E-state index contributed by atoms with van der Waals surface area (Å²) in [5, 5.41) is 11.6. The second-order valence-electron chi connectivity index (χ2n) is 5.67. The van der Waals surface area contributed by atoms with Gasteiger partial charge in [-0.2, -0.15) is 0 Å². The van der Waals surface area contributed by atoms with E-state index in [9.17, 15) is 9.59 Å². The molecular formula is C17H19N3O3. The molecule has 1 aromatic carbocycles. The Bertz CT molecular complexity index is 706. The van der Waals surface area contributed by atoms with Gasteiger partial charge in [-0.1, -0.05) is 29.3 Å². The maximum atomic E-state index is 12.1. The highest BCUT2D eigenvalue weighted by atomic mass is 16.4. The first-order chi connectivity index (χ1) is 10.8. The van der Waals surface area contributed by atoms with Crippen molar-refractivity contribution in [3.8, 4) is 0 Å². The van der Waals surface area contributed by atoms with E-state index >= 15 is 0 Å². The van der Waals surface area contributed by atoms with Crippen LogP contribution >= 0.6 is 0 Å². The van der Waals surface area contributed by atoms with Crippen LogP contribution < -0.4 is 5.32 Å². The second kappa shape index (κ2) is 7.00. The quantitative estimate of drug-likeness (QED) is 0.882. The molecule has 2 N–H and O–H groups in total. The van der Waals surface area contributed by atoms with Crippen molar-refractivity contribution in [3.05, 3.63) is 58.7 Å². The van der Waals surface area contributed by atoms with E-state index < -0.39 is 5.97 Å². The Morgan fingerprint density at radius 3 is 2.17 bits per heavy atom. The number of benzene rings is 1. The third-order valence-corrected chi connectivity index (χ3v) is 3.30. The Balaban J connectivity index is 2.00. The highest BCUT2D eigenvalue weighted by molar-refractivity contribution is 5.92. The van der Waals surface area contributed by atoms with Gasteiger partial charge in [-0.15, -0.1) is 0 Å². The van der Waals surface area contributed by atoms with E-state index in [1.54, 1.807) is 0 Å². The minimum absolute atomic E-state index is 0.0790. The number of nitrogens with one attached hydrogen (secondary N) is 1. The van der Waals surface area contributed by atoms with Crippen molar-refractivity contribution in [2.24, 2.45) is 0 Å². The average Bonchev–Trinajstić information content (AvgIpc) is 2.45. The summed E-state index contributed by atoms with van der Waals surface area (Å²) in [5.74, 6) is -1.54. The number of hydrogen-bond donors (Lipinski definition) is 2. The minimum atomic E-state index is -1.17. The third-order valence-electron chi connectivity index (χ3n) is 3.30. The summed E-state index contributed by atoms with van der Waals surface area (Å²) in [4.78, 5) is 30.3. The lowest BCUT2D eigenvalue weighted by atomic mass is 10.0. The van der Waals surface area contributed by atoms with E-state index in [1.165, 1.54) is 17.3 Å². The van der Waals surface area contributed by atoms with Crippen LogP contribution in [0.1, 0.15) is 44.6 Å². The van der Waals surface area contributed by atoms with Crippen LogP contribution in [0, 0.1) is 13.8 Å². The predicted molar refractivity (Wildman–Crippen MR) is 85.5 cm³/mol. The van der Waals surface area contributed by atoms with Crippen LogP contribution in [0.25, 0.3) is 0 Å². The van der Waals surface area contributed by atoms with Crippen LogP contribution in [0.15, 0.2) is 30.6 Å². The van der Waals surface area contributed by atoms with E-state index in [4.69, 9.17) is 5.11 Å². The van der Waals surface area contributed by atoms with Gasteiger partial charge in [-0.3, -0.25) is 4.79 Å². The molecule has 1 heterocycles. The monoisotopic (exact) mass is 313 g/mol. The van der Waals surface area contributed by atoms with Crippen LogP contribution in [0.3, 0.4) is 0 Å². The van der Waals surface area contributed by atoms with Gasteiger partial charge in [-0.05, 0) is 32.8 Å². The van der Waals surface area contributed by atoms with E-state index in [2.05, 4.69) is 33.5 Å².